The van der Waals surface area contributed by atoms with E-state index in [-0.39, 0.29) is 12.1 Å². The van der Waals surface area contributed by atoms with Crippen molar-refractivity contribution < 1.29 is 0 Å². The second-order valence-corrected chi connectivity index (χ2v) is 8.51. The zero-order chi connectivity index (χ0) is 20.7. The highest BCUT2D eigenvalue weighted by atomic mass is 32.1. The molecule has 2 atom stereocenters. The van der Waals surface area contributed by atoms with E-state index in [0.29, 0.717) is 6.04 Å². The Morgan fingerprint density at radius 3 is 2.34 bits per heavy atom. The van der Waals surface area contributed by atoms with Gasteiger partial charge in [-0.25, -0.2) is 0 Å². The minimum absolute atomic E-state index is 0.00823. The number of rotatable bonds is 4. The molecule has 0 saturated carbocycles. The summed E-state index contributed by atoms with van der Waals surface area (Å²) >= 11 is 5.82. The summed E-state index contributed by atoms with van der Waals surface area (Å²) in [7, 11) is 0. The number of anilines is 1. The molecule has 2 aromatic heterocycles. The first kappa shape index (κ1) is 19.6. The standard InChI is InChI=1S/C24H28N4S/c1-15(2)27-17(4)14-20(18(27)5)23-22(21-8-6-7-13-25-21)26-24(29)28(23)19-11-9-16(3)10-12-19/h6-15,22-23H,1-5H3,(H,26,29)/t22-,23-/m1/s1. The molecule has 1 aliphatic heterocycles. The third-order valence-electron chi connectivity index (χ3n) is 5.77. The number of benzene rings is 1. The van der Waals surface area contributed by atoms with Crippen LogP contribution in [0, 0.1) is 20.8 Å². The fourth-order valence-corrected chi connectivity index (χ4v) is 4.90. The topological polar surface area (TPSA) is 33.1 Å². The number of pyridine rings is 1. The van der Waals surface area contributed by atoms with Crippen molar-refractivity contribution in [3.8, 4) is 0 Å². The Balaban J connectivity index is 1.88. The predicted molar refractivity (Wildman–Crippen MR) is 123 cm³/mol. The van der Waals surface area contributed by atoms with E-state index < -0.39 is 0 Å². The highest BCUT2D eigenvalue weighted by Crippen LogP contribution is 2.43. The molecule has 1 saturated heterocycles. The molecule has 4 nitrogen and oxygen atoms in total. The molecule has 1 aromatic carbocycles. The minimum Gasteiger partial charge on any atom is -0.351 e. The number of aryl methyl sites for hydroxylation is 2. The zero-order valence-electron chi connectivity index (χ0n) is 17.7. The molecule has 0 aliphatic carbocycles. The summed E-state index contributed by atoms with van der Waals surface area (Å²) in [6.45, 7) is 11.0. The number of hydrogen-bond donors (Lipinski definition) is 1. The average Bonchev–Trinajstić information content (AvgIpc) is 3.19. The maximum atomic E-state index is 5.82. The van der Waals surface area contributed by atoms with E-state index in [2.05, 4.69) is 90.8 Å². The second-order valence-electron chi connectivity index (χ2n) is 8.12. The molecule has 0 spiro atoms. The van der Waals surface area contributed by atoms with Crippen LogP contribution in [-0.2, 0) is 0 Å². The Morgan fingerprint density at radius 1 is 1.03 bits per heavy atom. The fourth-order valence-electron chi connectivity index (χ4n) is 4.55. The van der Waals surface area contributed by atoms with Gasteiger partial charge in [0.05, 0.1) is 17.8 Å². The van der Waals surface area contributed by atoms with Gasteiger partial charge in [-0.3, -0.25) is 4.98 Å². The van der Waals surface area contributed by atoms with Gasteiger partial charge < -0.3 is 14.8 Å². The van der Waals surface area contributed by atoms with E-state index in [9.17, 15) is 0 Å². The second kappa shape index (κ2) is 7.64. The number of nitrogens with one attached hydrogen (secondary N) is 1. The van der Waals surface area contributed by atoms with Crippen molar-refractivity contribution in [2.45, 2.75) is 52.7 Å². The number of thiocarbonyl (C=S) groups is 1. The van der Waals surface area contributed by atoms with Crippen LogP contribution in [0.25, 0.3) is 0 Å². The molecule has 3 heterocycles. The predicted octanol–water partition coefficient (Wildman–Crippen LogP) is 5.57. The van der Waals surface area contributed by atoms with E-state index in [4.69, 9.17) is 12.2 Å². The summed E-state index contributed by atoms with van der Waals surface area (Å²) in [6, 6.07) is 17.4. The molecule has 3 aromatic rings. The van der Waals surface area contributed by atoms with Crippen LogP contribution in [0.3, 0.4) is 0 Å². The van der Waals surface area contributed by atoms with Gasteiger partial charge in [-0.1, -0.05) is 23.8 Å². The smallest absolute Gasteiger partial charge is 0.174 e. The Labute approximate surface area is 178 Å². The third kappa shape index (κ3) is 3.44. The molecule has 0 unspecified atom stereocenters. The van der Waals surface area contributed by atoms with Crippen molar-refractivity contribution >= 4 is 23.0 Å². The fraction of sp³-hybridized carbons (Fsp3) is 0.333. The molecular weight excluding hydrogens is 376 g/mol. The van der Waals surface area contributed by atoms with Crippen LogP contribution in [-0.4, -0.2) is 14.7 Å². The van der Waals surface area contributed by atoms with Gasteiger partial charge in [0.1, 0.15) is 0 Å². The molecule has 1 fully saturated rings. The lowest BCUT2D eigenvalue weighted by molar-refractivity contribution is 0.547. The Bertz CT molecular complexity index is 1020. The van der Waals surface area contributed by atoms with E-state index >= 15 is 0 Å². The van der Waals surface area contributed by atoms with E-state index in [1.165, 1.54) is 22.5 Å². The molecule has 0 bridgehead atoms. The van der Waals surface area contributed by atoms with E-state index in [1.54, 1.807) is 0 Å². The quantitative estimate of drug-likeness (QED) is 0.577. The molecule has 4 rings (SSSR count). The van der Waals surface area contributed by atoms with Crippen molar-refractivity contribution in [3.05, 3.63) is 82.9 Å². The number of hydrogen-bond acceptors (Lipinski definition) is 2. The zero-order valence-corrected chi connectivity index (χ0v) is 18.5. The van der Waals surface area contributed by atoms with Crippen LogP contribution in [0.1, 0.15) is 60.2 Å². The van der Waals surface area contributed by atoms with Crippen LogP contribution in [0.5, 0.6) is 0 Å². The van der Waals surface area contributed by atoms with Crippen LogP contribution in [0.2, 0.25) is 0 Å². The van der Waals surface area contributed by atoms with Crippen LogP contribution in [0.4, 0.5) is 5.69 Å². The summed E-state index contributed by atoms with van der Waals surface area (Å²) in [5.74, 6) is 0. The molecule has 150 valence electrons. The monoisotopic (exact) mass is 404 g/mol. The van der Waals surface area contributed by atoms with Crippen LogP contribution >= 0.6 is 12.2 Å². The van der Waals surface area contributed by atoms with Crippen molar-refractivity contribution in [1.82, 2.24) is 14.9 Å². The molecule has 0 radical (unpaired) electrons. The Hall–Kier alpha value is -2.66. The largest absolute Gasteiger partial charge is 0.351 e. The average molecular weight is 405 g/mol. The van der Waals surface area contributed by atoms with Gasteiger partial charge in [-0.15, -0.1) is 0 Å². The van der Waals surface area contributed by atoms with Crippen molar-refractivity contribution in [2.75, 3.05) is 4.90 Å². The lowest BCUT2D eigenvalue weighted by Crippen LogP contribution is -2.29. The summed E-state index contributed by atoms with van der Waals surface area (Å²) in [4.78, 5) is 6.90. The first-order valence-electron chi connectivity index (χ1n) is 10.1. The highest BCUT2D eigenvalue weighted by molar-refractivity contribution is 7.80. The maximum Gasteiger partial charge on any atom is 0.174 e. The van der Waals surface area contributed by atoms with Crippen molar-refractivity contribution in [2.24, 2.45) is 0 Å². The lowest BCUT2D eigenvalue weighted by atomic mass is 9.96. The number of aromatic nitrogens is 2. The first-order chi connectivity index (χ1) is 13.9. The van der Waals surface area contributed by atoms with Crippen molar-refractivity contribution in [1.29, 1.82) is 0 Å². The molecule has 1 N–H and O–H groups in total. The van der Waals surface area contributed by atoms with Gasteiger partial charge in [0.15, 0.2) is 5.11 Å². The first-order valence-corrected chi connectivity index (χ1v) is 10.5. The SMILES string of the molecule is Cc1ccc(N2C(=S)N[C@H](c3ccccn3)[C@H]2c2cc(C)n(C(C)C)c2C)cc1. The summed E-state index contributed by atoms with van der Waals surface area (Å²) in [5.41, 5.74) is 7.19. The van der Waals surface area contributed by atoms with Crippen molar-refractivity contribution in [3.63, 3.8) is 0 Å². The van der Waals surface area contributed by atoms with Gasteiger partial charge in [0, 0.05) is 29.3 Å². The number of nitrogens with zero attached hydrogens (tertiary/aromatic N) is 3. The molecule has 0 amide bonds. The lowest BCUT2D eigenvalue weighted by Gasteiger charge is -2.28. The van der Waals surface area contributed by atoms with Gasteiger partial charge >= 0.3 is 0 Å². The summed E-state index contributed by atoms with van der Waals surface area (Å²) < 4.78 is 2.40. The Morgan fingerprint density at radius 2 is 1.76 bits per heavy atom. The van der Waals surface area contributed by atoms with Crippen LogP contribution in [0.15, 0.2) is 54.7 Å². The minimum atomic E-state index is -0.00823. The molecular formula is C24H28N4S. The normalized spacial score (nSPS) is 19.1. The maximum absolute atomic E-state index is 5.82. The Kier molecular flexibility index (Phi) is 5.17. The molecule has 29 heavy (non-hydrogen) atoms. The summed E-state index contributed by atoms with van der Waals surface area (Å²) in [6.07, 6.45) is 1.85. The third-order valence-corrected chi connectivity index (χ3v) is 6.08. The van der Waals surface area contributed by atoms with Gasteiger partial charge in [-0.2, -0.15) is 0 Å². The van der Waals surface area contributed by atoms with E-state index in [0.717, 1.165) is 16.5 Å². The van der Waals surface area contributed by atoms with E-state index in [1.807, 2.05) is 18.3 Å². The molecule has 5 heteroatoms. The van der Waals surface area contributed by atoms with Gasteiger partial charge in [-0.05, 0) is 82.7 Å². The van der Waals surface area contributed by atoms with Crippen LogP contribution < -0.4 is 10.2 Å². The molecule has 1 aliphatic rings. The van der Waals surface area contributed by atoms with Gasteiger partial charge in [0.25, 0.3) is 0 Å². The summed E-state index contributed by atoms with van der Waals surface area (Å²) in [5, 5.41) is 4.29. The van der Waals surface area contributed by atoms with Gasteiger partial charge in [0.2, 0.25) is 0 Å². The highest BCUT2D eigenvalue weighted by Gasteiger charge is 2.42.